The van der Waals surface area contributed by atoms with E-state index >= 15 is 0 Å². The van der Waals surface area contributed by atoms with Crippen LogP contribution in [0.15, 0.2) is 0 Å². The van der Waals surface area contributed by atoms with Crippen molar-refractivity contribution in [1.82, 2.24) is 9.80 Å². The van der Waals surface area contributed by atoms with E-state index in [-0.39, 0.29) is 5.91 Å². The van der Waals surface area contributed by atoms with Gasteiger partial charge in [-0.2, -0.15) is 0 Å². The van der Waals surface area contributed by atoms with Crippen molar-refractivity contribution >= 4 is 5.91 Å². The first-order valence-electron chi connectivity index (χ1n) is 5.29. The topological polar surface area (TPSA) is 32.8 Å². The van der Waals surface area contributed by atoms with E-state index < -0.39 is 0 Å². The number of hydrogen-bond donors (Lipinski definition) is 0. The lowest BCUT2D eigenvalue weighted by atomic mass is 10.3. The zero-order chi connectivity index (χ0) is 10.4. The van der Waals surface area contributed by atoms with Crippen LogP contribution < -0.4 is 0 Å². The molecule has 1 saturated heterocycles. The molecule has 0 aliphatic carbocycles. The van der Waals surface area contributed by atoms with Crippen molar-refractivity contribution in [3.05, 3.63) is 0 Å². The summed E-state index contributed by atoms with van der Waals surface area (Å²) in [5, 5.41) is 0. The second-order valence-corrected chi connectivity index (χ2v) is 3.54. The first-order chi connectivity index (χ1) is 6.74. The van der Waals surface area contributed by atoms with Crippen LogP contribution in [0.4, 0.5) is 0 Å². The van der Waals surface area contributed by atoms with Crippen LogP contribution in [0.3, 0.4) is 0 Å². The Hall–Kier alpha value is -0.610. The highest BCUT2D eigenvalue weighted by atomic mass is 16.5. The first kappa shape index (κ1) is 11.5. The first-order valence-corrected chi connectivity index (χ1v) is 5.29. The van der Waals surface area contributed by atoms with E-state index in [2.05, 4.69) is 4.90 Å². The molecular formula is C10H20N2O2. The van der Waals surface area contributed by atoms with Gasteiger partial charge in [0.1, 0.15) is 0 Å². The molecule has 1 rings (SSSR count). The minimum Gasteiger partial charge on any atom is -0.380 e. The van der Waals surface area contributed by atoms with Crippen LogP contribution in [-0.2, 0) is 9.53 Å². The molecule has 1 fully saturated rings. The van der Waals surface area contributed by atoms with Crippen LogP contribution in [0, 0.1) is 0 Å². The maximum atomic E-state index is 11.0. The summed E-state index contributed by atoms with van der Waals surface area (Å²) in [6, 6.07) is 0. The van der Waals surface area contributed by atoms with E-state index in [1.54, 1.807) is 6.92 Å². The van der Waals surface area contributed by atoms with Crippen molar-refractivity contribution in [2.45, 2.75) is 13.8 Å². The molecule has 0 spiro atoms. The fourth-order valence-corrected chi connectivity index (χ4v) is 1.62. The number of hydrogen-bond acceptors (Lipinski definition) is 3. The highest BCUT2D eigenvalue weighted by molar-refractivity contribution is 5.73. The third kappa shape index (κ3) is 3.64. The summed E-state index contributed by atoms with van der Waals surface area (Å²) >= 11 is 0. The van der Waals surface area contributed by atoms with Crippen LogP contribution in [0.25, 0.3) is 0 Å². The van der Waals surface area contributed by atoms with E-state index in [4.69, 9.17) is 4.74 Å². The molecule has 0 unspecified atom stereocenters. The lowest BCUT2D eigenvalue weighted by Crippen LogP contribution is -2.48. The third-order valence-corrected chi connectivity index (χ3v) is 2.57. The Bertz CT molecular complexity index is 177. The number of nitrogens with zero attached hydrogens (tertiary/aromatic N) is 2. The lowest BCUT2D eigenvalue weighted by molar-refractivity contribution is -0.130. The van der Waals surface area contributed by atoms with Gasteiger partial charge in [-0.3, -0.25) is 9.69 Å². The Balaban J connectivity index is 2.12. The third-order valence-electron chi connectivity index (χ3n) is 2.57. The molecule has 0 N–H and O–H groups in total. The van der Waals surface area contributed by atoms with Gasteiger partial charge in [0, 0.05) is 46.3 Å². The maximum absolute atomic E-state index is 11.0. The minimum atomic E-state index is 0.189. The normalized spacial score (nSPS) is 18.6. The zero-order valence-corrected chi connectivity index (χ0v) is 9.16. The fraction of sp³-hybridized carbons (Fsp3) is 0.900. The summed E-state index contributed by atoms with van der Waals surface area (Å²) in [6.07, 6.45) is 0. The molecule has 0 atom stereocenters. The van der Waals surface area contributed by atoms with Crippen molar-refractivity contribution in [2.75, 3.05) is 45.9 Å². The van der Waals surface area contributed by atoms with Gasteiger partial charge < -0.3 is 9.64 Å². The molecular weight excluding hydrogens is 180 g/mol. The van der Waals surface area contributed by atoms with Crippen molar-refractivity contribution < 1.29 is 9.53 Å². The van der Waals surface area contributed by atoms with Gasteiger partial charge in [-0.15, -0.1) is 0 Å². The summed E-state index contributed by atoms with van der Waals surface area (Å²) in [5.41, 5.74) is 0. The number of piperazine rings is 1. The fourth-order valence-electron chi connectivity index (χ4n) is 1.62. The van der Waals surface area contributed by atoms with E-state index in [0.717, 1.165) is 45.9 Å². The van der Waals surface area contributed by atoms with E-state index in [1.807, 2.05) is 11.8 Å². The molecule has 1 amide bonds. The smallest absolute Gasteiger partial charge is 0.219 e. The van der Waals surface area contributed by atoms with Gasteiger partial charge in [-0.1, -0.05) is 0 Å². The van der Waals surface area contributed by atoms with E-state index in [1.165, 1.54) is 0 Å². The maximum Gasteiger partial charge on any atom is 0.219 e. The molecule has 0 aromatic rings. The summed E-state index contributed by atoms with van der Waals surface area (Å²) in [7, 11) is 0. The van der Waals surface area contributed by atoms with Crippen LogP contribution >= 0.6 is 0 Å². The Morgan fingerprint density at radius 2 is 1.93 bits per heavy atom. The zero-order valence-electron chi connectivity index (χ0n) is 9.16. The second-order valence-electron chi connectivity index (χ2n) is 3.54. The molecule has 0 radical (unpaired) electrons. The van der Waals surface area contributed by atoms with Crippen LogP contribution in [0.5, 0.6) is 0 Å². The molecule has 1 aliphatic heterocycles. The van der Waals surface area contributed by atoms with Crippen molar-refractivity contribution in [3.8, 4) is 0 Å². The highest BCUT2D eigenvalue weighted by Crippen LogP contribution is 2.01. The molecule has 0 bridgehead atoms. The van der Waals surface area contributed by atoms with E-state index in [0.29, 0.717) is 0 Å². The second kappa shape index (κ2) is 5.98. The van der Waals surface area contributed by atoms with Gasteiger partial charge in [-0.05, 0) is 6.92 Å². The van der Waals surface area contributed by atoms with Crippen molar-refractivity contribution in [2.24, 2.45) is 0 Å². The molecule has 82 valence electrons. The molecule has 1 aliphatic rings. The monoisotopic (exact) mass is 200 g/mol. The van der Waals surface area contributed by atoms with Gasteiger partial charge in [0.05, 0.1) is 6.61 Å². The molecule has 1 heterocycles. The predicted molar refractivity (Wildman–Crippen MR) is 55.2 cm³/mol. The molecule has 0 aromatic carbocycles. The van der Waals surface area contributed by atoms with Gasteiger partial charge in [0.15, 0.2) is 0 Å². The Kier molecular flexibility index (Phi) is 4.90. The van der Waals surface area contributed by atoms with E-state index in [9.17, 15) is 4.79 Å². The Morgan fingerprint density at radius 3 is 2.43 bits per heavy atom. The number of carbonyl (C=O) groups excluding carboxylic acids is 1. The van der Waals surface area contributed by atoms with Gasteiger partial charge in [0.2, 0.25) is 5.91 Å². The standard InChI is InChI=1S/C10H20N2O2/c1-3-14-9-8-11-4-6-12(7-5-11)10(2)13/h3-9H2,1-2H3. The molecule has 4 heteroatoms. The summed E-state index contributed by atoms with van der Waals surface area (Å²) in [5.74, 6) is 0.189. The SMILES string of the molecule is CCOCCN1CCN(C(C)=O)CC1. The summed E-state index contributed by atoms with van der Waals surface area (Å²) in [6.45, 7) is 9.90. The van der Waals surface area contributed by atoms with Gasteiger partial charge >= 0.3 is 0 Å². The summed E-state index contributed by atoms with van der Waals surface area (Å²) < 4.78 is 5.29. The molecule has 0 aromatic heterocycles. The Morgan fingerprint density at radius 1 is 1.29 bits per heavy atom. The van der Waals surface area contributed by atoms with Crippen LogP contribution in [0.1, 0.15) is 13.8 Å². The predicted octanol–water partition coefficient (Wildman–Crippen LogP) is 0.187. The molecule has 0 saturated carbocycles. The Labute approximate surface area is 85.8 Å². The summed E-state index contributed by atoms with van der Waals surface area (Å²) in [4.78, 5) is 15.3. The minimum absolute atomic E-state index is 0.189. The molecule has 4 nitrogen and oxygen atoms in total. The average Bonchev–Trinajstić information content (AvgIpc) is 2.19. The number of carbonyl (C=O) groups is 1. The van der Waals surface area contributed by atoms with Crippen LogP contribution in [-0.4, -0.2) is 61.6 Å². The van der Waals surface area contributed by atoms with Crippen LogP contribution in [0.2, 0.25) is 0 Å². The lowest BCUT2D eigenvalue weighted by Gasteiger charge is -2.33. The van der Waals surface area contributed by atoms with Gasteiger partial charge in [0.25, 0.3) is 0 Å². The number of rotatable bonds is 4. The van der Waals surface area contributed by atoms with Crippen molar-refractivity contribution in [1.29, 1.82) is 0 Å². The quantitative estimate of drug-likeness (QED) is 0.607. The number of amides is 1. The van der Waals surface area contributed by atoms with Crippen molar-refractivity contribution in [3.63, 3.8) is 0 Å². The highest BCUT2D eigenvalue weighted by Gasteiger charge is 2.17. The molecule has 14 heavy (non-hydrogen) atoms. The average molecular weight is 200 g/mol. The number of ether oxygens (including phenoxy) is 1. The van der Waals surface area contributed by atoms with Gasteiger partial charge in [-0.25, -0.2) is 0 Å². The largest absolute Gasteiger partial charge is 0.380 e.